The van der Waals surface area contributed by atoms with Crippen LogP contribution in [0.1, 0.15) is 0 Å². The van der Waals surface area contributed by atoms with Gasteiger partial charge in [0, 0.05) is 24.9 Å². The van der Waals surface area contributed by atoms with E-state index in [1.807, 2.05) is 31.3 Å². The second kappa shape index (κ2) is 6.32. The molecule has 0 bridgehead atoms. The molecule has 130 valence electrons. The second-order valence-electron chi connectivity index (χ2n) is 5.61. The number of rotatable bonds is 4. The van der Waals surface area contributed by atoms with Crippen LogP contribution >= 0.6 is 0 Å². The number of anilines is 1. The number of nitrogens with zero attached hydrogens (tertiary/aromatic N) is 5. The van der Waals surface area contributed by atoms with E-state index in [9.17, 15) is 0 Å². The molecule has 0 spiro atoms. The van der Waals surface area contributed by atoms with E-state index in [1.165, 1.54) is 0 Å². The predicted octanol–water partition coefficient (Wildman–Crippen LogP) is 2.81. The second-order valence-corrected chi connectivity index (χ2v) is 5.61. The Morgan fingerprint density at radius 3 is 2.65 bits per heavy atom. The van der Waals surface area contributed by atoms with Gasteiger partial charge < -0.3 is 15.2 Å². The molecule has 0 amide bonds. The van der Waals surface area contributed by atoms with E-state index in [1.54, 1.807) is 36.3 Å². The highest BCUT2D eigenvalue weighted by Gasteiger charge is 2.15. The molecular formula is C18H16N6O2. The van der Waals surface area contributed by atoms with Crippen molar-refractivity contribution in [2.45, 2.75) is 0 Å². The normalized spacial score (nSPS) is 10.8. The van der Waals surface area contributed by atoms with E-state index in [4.69, 9.17) is 15.2 Å². The minimum absolute atomic E-state index is 0.406. The van der Waals surface area contributed by atoms with Crippen LogP contribution in [0.15, 0.2) is 48.8 Å². The van der Waals surface area contributed by atoms with E-state index >= 15 is 0 Å². The standard InChI is InChI=1S/C18H16N6O2/c1-24-17-14(10-21-24)18(26-13-5-3-4-12(8-13)25-2)23-16(22-17)11-6-7-15(19)20-9-11/h3-10H,1-2H3,(H2,19,20). The monoisotopic (exact) mass is 348 g/mol. The number of aryl methyl sites for hydroxylation is 1. The molecule has 0 aliphatic heterocycles. The van der Waals surface area contributed by atoms with Crippen molar-refractivity contribution in [3.05, 3.63) is 48.8 Å². The summed E-state index contributed by atoms with van der Waals surface area (Å²) in [4.78, 5) is 13.2. The van der Waals surface area contributed by atoms with Gasteiger partial charge >= 0.3 is 0 Å². The third-order valence-electron chi connectivity index (χ3n) is 3.86. The van der Waals surface area contributed by atoms with Crippen LogP contribution in [-0.4, -0.2) is 31.8 Å². The first-order valence-corrected chi connectivity index (χ1v) is 7.87. The fourth-order valence-corrected chi connectivity index (χ4v) is 2.52. The number of nitrogens with two attached hydrogens (primary N) is 1. The van der Waals surface area contributed by atoms with E-state index < -0.39 is 0 Å². The third kappa shape index (κ3) is 2.88. The van der Waals surface area contributed by atoms with Gasteiger partial charge in [-0.25, -0.2) is 9.97 Å². The predicted molar refractivity (Wildman–Crippen MR) is 97.0 cm³/mol. The Kier molecular flexibility index (Phi) is 3.85. The van der Waals surface area contributed by atoms with Crippen LogP contribution in [0.5, 0.6) is 17.4 Å². The number of benzene rings is 1. The Bertz CT molecular complexity index is 1070. The van der Waals surface area contributed by atoms with Crippen molar-refractivity contribution >= 4 is 16.9 Å². The van der Waals surface area contributed by atoms with Crippen molar-refractivity contribution in [1.29, 1.82) is 0 Å². The van der Waals surface area contributed by atoms with Gasteiger partial charge in [-0.2, -0.15) is 10.1 Å². The number of pyridine rings is 1. The van der Waals surface area contributed by atoms with Crippen LogP contribution < -0.4 is 15.2 Å². The summed E-state index contributed by atoms with van der Waals surface area (Å²) in [5.74, 6) is 2.62. The molecule has 3 aromatic heterocycles. The van der Waals surface area contributed by atoms with E-state index in [2.05, 4.69) is 20.1 Å². The Morgan fingerprint density at radius 1 is 1.04 bits per heavy atom. The number of hydrogen-bond donors (Lipinski definition) is 1. The molecule has 0 unspecified atom stereocenters. The van der Waals surface area contributed by atoms with Crippen molar-refractivity contribution in [2.24, 2.45) is 7.05 Å². The number of nitrogen functional groups attached to an aromatic ring is 1. The van der Waals surface area contributed by atoms with Crippen LogP contribution in [0.3, 0.4) is 0 Å². The smallest absolute Gasteiger partial charge is 0.234 e. The van der Waals surface area contributed by atoms with Crippen LogP contribution in [0.2, 0.25) is 0 Å². The molecule has 26 heavy (non-hydrogen) atoms. The van der Waals surface area contributed by atoms with Crippen molar-refractivity contribution in [1.82, 2.24) is 24.7 Å². The topological polar surface area (TPSA) is 101 Å². The molecule has 0 aliphatic rings. The highest BCUT2D eigenvalue weighted by molar-refractivity contribution is 5.82. The molecule has 0 saturated carbocycles. The zero-order valence-electron chi connectivity index (χ0n) is 14.2. The lowest BCUT2D eigenvalue weighted by atomic mass is 10.2. The Labute approximate surface area is 149 Å². The zero-order chi connectivity index (χ0) is 18.1. The average molecular weight is 348 g/mol. The summed E-state index contributed by atoms with van der Waals surface area (Å²) in [5, 5.41) is 4.97. The van der Waals surface area contributed by atoms with Gasteiger partial charge in [0.25, 0.3) is 0 Å². The first-order chi connectivity index (χ1) is 12.6. The minimum atomic E-state index is 0.406. The molecule has 1 aromatic carbocycles. The molecular weight excluding hydrogens is 332 g/mol. The maximum absolute atomic E-state index is 6.00. The molecule has 0 aliphatic carbocycles. The van der Waals surface area contributed by atoms with Gasteiger partial charge in [0.05, 0.1) is 13.3 Å². The van der Waals surface area contributed by atoms with Gasteiger partial charge in [-0.05, 0) is 24.3 Å². The number of hydrogen-bond acceptors (Lipinski definition) is 7. The highest BCUT2D eigenvalue weighted by Crippen LogP contribution is 2.31. The van der Waals surface area contributed by atoms with Gasteiger partial charge in [-0.3, -0.25) is 4.68 Å². The first kappa shape index (κ1) is 15.8. The van der Waals surface area contributed by atoms with Gasteiger partial charge in [0.2, 0.25) is 5.88 Å². The fraction of sp³-hybridized carbons (Fsp3) is 0.111. The van der Waals surface area contributed by atoms with E-state index in [0.717, 1.165) is 5.56 Å². The van der Waals surface area contributed by atoms with Crippen molar-refractivity contribution in [3.63, 3.8) is 0 Å². The highest BCUT2D eigenvalue weighted by atomic mass is 16.5. The number of ether oxygens (including phenoxy) is 2. The number of fused-ring (bicyclic) bond motifs is 1. The molecule has 0 fully saturated rings. The molecule has 4 rings (SSSR count). The summed E-state index contributed by atoms with van der Waals surface area (Å²) in [7, 11) is 3.42. The molecule has 3 heterocycles. The van der Waals surface area contributed by atoms with Gasteiger partial charge in [0.15, 0.2) is 11.5 Å². The molecule has 4 aromatic rings. The fourth-order valence-electron chi connectivity index (χ4n) is 2.52. The molecule has 0 radical (unpaired) electrons. The quantitative estimate of drug-likeness (QED) is 0.605. The lowest BCUT2D eigenvalue weighted by molar-refractivity contribution is 0.408. The first-order valence-electron chi connectivity index (χ1n) is 7.87. The van der Waals surface area contributed by atoms with Crippen LogP contribution in [0.4, 0.5) is 5.82 Å². The average Bonchev–Trinajstić information content (AvgIpc) is 3.04. The van der Waals surface area contributed by atoms with Gasteiger partial charge in [-0.15, -0.1) is 0 Å². The third-order valence-corrected chi connectivity index (χ3v) is 3.86. The molecule has 8 heteroatoms. The van der Waals surface area contributed by atoms with Crippen molar-refractivity contribution in [2.75, 3.05) is 12.8 Å². The Hall–Kier alpha value is -3.68. The van der Waals surface area contributed by atoms with E-state index in [-0.39, 0.29) is 0 Å². The zero-order valence-corrected chi connectivity index (χ0v) is 14.2. The molecule has 0 atom stereocenters. The molecule has 2 N–H and O–H groups in total. The Balaban J connectivity index is 1.83. The molecule has 0 saturated heterocycles. The number of methoxy groups -OCH3 is 1. The summed E-state index contributed by atoms with van der Waals surface area (Å²) >= 11 is 0. The van der Waals surface area contributed by atoms with Crippen molar-refractivity contribution in [3.8, 4) is 28.8 Å². The maximum Gasteiger partial charge on any atom is 0.234 e. The largest absolute Gasteiger partial charge is 0.497 e. The summed E-state index contributed by atoms with van der Waals surface area (Å²) in [5.41, 5.74) is 7.05. The van der Waals surface area contributed by atoms with Crippen LogP contribution in [0.25, 0.3) is 22.4 Å². The maximum atomic E-state index is 6.00. The number of aromatic nitrogens is 5. The van der Waals surface area contributed by atoms with Crippen LogP contribution in [-0.2, 0) is 7.05 Å². The SMILES string of the molecule is COc1cccc(Oc2nc(-c3ccc(N)nc3)nc3c2cnn3C)c1. The Morgan fingerprint density at radius 2 is 1.88 bits per heavy atom. The van der Waals surface area contributed by atoms with Crippen LogP contribution in [0, 0.1) is 0 Å². The summed E-state index contributed by atoms with van der Waals surface area (Å²) < 4.78 is 12.9. The van der Waals surface area contributed by atoms with Gasteiger partial charge in [0.1, 0.15) is 22.7 Å². The lowest BCUT2D eigenvalue weighted by Crippen LogP contribution is -1.99. The minimum Gasteiger partial charge on any atom is -0.497 e. The summed E-state index contributed by atoms with van der Waals surface area (Å²) in [6, 6.07) is 10.8. The summed E-state index contributed by atoms with van der Waals surface area (Å²) in [6.07, 6.45) is 3.30. The summed E-state index contributed by atoms with van der Waals surface area (Å²) in [6.45, 7) is 0. The molecule has 8 nitrogen and oxygen atoms in total. The van der Waals surface area contributed by atoms with E-state index in [0.29, 0.717) is 40.1 Å². The van der Waals surface area contributed by atoms with Gasteiger partial charge in [-0.1, -0.05) is 6.07 Å². The van der Waals surface area contributed by atoms with Crippen molar-refractivity contribution < 1.29 is 9.47 Å². The lowest BCUT2D eigenvalue weighted by Gasteiger charge is -2.09.